The fourth-order valence-electron chi connectivity index (χ4n) is 3.77. The monoisotopic (exact) mass is 336 g/mol. The van der Waals surface area contributed by atoms with E-state index in [0.29, 0.717) is 11.5 Å². The summed E-state index contributed by atoms with van der Waals surface area (Å²) in [5.41, 5.74) is 3.62. The van der Waals surface area contributed by atoms with Gasteiger partial charge in [0.1, 0.15) is 17.5 Å². The molecule has 0 saturated heterocycles. The molecule has 3 heterocycles. The maximum Gasteiger partial charge on any atom is 0.142 e. The lowest BCUT2D eigenvalue weighted by Crippen LogP contribution is -2.40. The van der Waals surface area contributed by atoms with E-state index in [-0.39, 0.29) is 0 Å². The number of benzene rings is 1. The number of nitrogens with zero attached hydrogens (tertiary/aromatic N) is 4. The van der Waals surface area contributed by atoms with Gasteiger partial charge in [0.15, 0.2) is 0 Å². The van der Waals surface area contributed by atoms with Crippen LogP contribution in [0.15, 0.2) is 30.5 Å². The highest BCUT2D eigenvalue weighted by Crippen LogP contribution is 2.21. The van der Waals surface area contributed by atoms with Crippen LogP contribution in [0.2, 0.25) is 0 Å². The van der Waals surface area contributed by atoms with E-state index >= 15 is 0 Å². The summed E-state index contributed by atoms with van der Waals surface area (Å²) in [6, 6.07) is 11.0. The molecule has 6 nitrogen and oxygen atoms in total. The van der Waals surface area contributed by atoms with Gasteiger partial charge in [-0.3, -0.25) is 4.90 Å². The van der Waals surface area contributed by atoms with E-state index < -0.39 is 0 Å². The van der Waals surface area contributed by atoms with Crippen LogP contribution in [0.25, 0.3) is 0 Å². The molecule has 2 aliphatic rings. The van der Waals surface area contributed by atoms with Gasteiger partial charge in [0.2, 0.25) is 0 Å². The molecule has 0 saturated carbocycles. The number of fused-ring (bicyclic) bond motifs is 2. The van der Waals surface area contributed by atoms with Crippen LogP contribution in [0.1, 0.15) is 16.7 Å². The molecule has 0 amide bonds. The largest absolute Gasteiger partial charge is 0.369 e. The SMILES string of the molecule is N#Cc1cnn2c1NCC(CNCCN1CCc3ccccc3C1)C2. The van der Waals surface area contributed by atoms with Crippen molar-refractivity contribution in [2.75, 3.05) is 38.0 Å². The average molecular weight is 336 g/mol. The molecule has 0 fully saturated rings. The topological polar surface area (TPSA) is 68.9 Å². The quantitative estimate of drug-likeness (QED) is 0.809. The standard InChI is InChI=1S/C19H24N6/c20-9-18-12-23-25-13-15(11-22-19(18)25)10-21-6-8-24-7-5-16-3-1-2-4-17(16)14-24/h1-4,12,15,21-22H,5-8,10-11,13-14H2. The van der Waals surface area contributed by atoms with Crippen LogP contribution in [0.5, 0.6) is 0 Å². The molecule has 0 aliphatic carbocycles. The van der Waals surface area contributed by atoms with Gasteiger partial charge in [0.25, 0.3) is 0 Å². The average Bonchev–Trinajstić information content (AvgIpc) is 3.07. The van der Waals surface area contributed by atoms with Gasteiger partial charge in [-0.15, -0.1) is 0 Å². The molecule has 1 unspecified atom stereocenters. The summed E-state index contributed by atoms with van der Waals surface area (Å²) in [6.45, 7) is 7.04. The number of nitrogens with one attached hydrogen (secondary N) is 2. The molecule has 2 aliphatic heterocycles. The molecule has 130 valence electrons. The molecular weight excluding hydrogens is 312 g/mol. The number of hydrogen-bond donors (Lipinski definition) is 2. The van der Waals surface area contributed by atoms with Crippen molar-refractivity contribution in [1.82, 2.24) is 20.0 Å². The molecule has 0 bridgehead atoms. The predicted octanol–water partition coefficient (Wildman–Crippen LogP) is 1.44. The van der Waals surface area contributed by atoms with Gasteiger partial charge in [-0.05, 0) is 17.5 Å². The number of rotatable bonds is 5. The highest BCUT2D eigenvalue weighted by atomic mass is 15.3. The summed E-state index contributed by atoms with van der Waals surface area (Å²) in [5.74, 6) is 1.37. The second-order valence-corrected chi connectivity index (χ2v) is 6.95. The fourth-order valence-corrected chi connectivity index (χ4v) is 3.77. The minimum atomic E-state index is 0.501. The normalized spacial score (nSPS) is 19.6. The molecule has 6 heteroatoms. The lowest BCUT2D eigenvalue weighted by atomic mass is 10.00. The van der Waals surface area contributed by atoms with Gasteiger partial charge in [0.05, 0.1) is 6.20 Å². The molecular formula is C19H24N6. The summed E-state index contributed by atoms with van der Waals surface area (Å²) in [6.07, 6.45) is 2.80. The van der Waals surface area contributed by atoms with Gasteiger partial charge in [-0.1, -0.05) is 24.3 Å². The zero-order valence-corrected chi connectivity index (χ0v) is 14.4. The zero-order chi connectivity index (χ0) is 17.1. The Morgan fingerprint density at radius 3 is 3.08 bits per heavy atom. The molecule has 0 spiro atoms. The van der Waals surface area contributed by atoms with Crippen LogP contribution in [0.4, 0.5) is 5.82 Å². The van der Waals surface area contributed by atoms with Crippen LogP contribution in [0, 0.1) is 17.2 Å². The van der Waals surface area contributed by atoms with Crippen LogP contribution in [0.3, 0.4) is 0 Å². The Bertz CT molecular complexity index is 774. The summed E-state index contributed by atoms with van der Waals surface area (Å²) in [4.78, 5) is 2.53. The van der Waals surface area contributed by atoms with Crippen molar-refractivity contribution in [3.8, 4) is 6.07 Å². The zero-order valence-electron chi connectivity index (χ0n) is 14.4. The molecule has 25 heavy (non-hydrogen) atoms. The van der Waals surface area contributed by atoms with E-state index in [2.05, 4.69) is 51.0 Å². The maximum atomic E-state index is 9.05. The Balaban J connectivity index is 1.20. The van der Waals surface area contributed by atoms with Gasteiger partial charge in [0, 0.05) is 51.7 Å². The summed E-state index contributed by atoms with van der Waals surface area (Å²) < 4.78 is 1.91. The van der Waals surface area contributed by atoms with Crippen molar-refractivity contribution in [2.24, 2.45) is 5.92 Å². The van der Waals surface area contributed by atoms with E-state index in [0.717, 1.165) is 58.1 Å². The second kappa shape index (κ2) is 7.26. The molecule has 4 rings (SSSR count). The fraction of sp³-hybridized carbons (Fsp3) is 0.474. The van der Waals surface area contributed by atoms with Gasteiger partial charge >= 0.3 is 0 Å². The van der Waals surface area contributed by atoms with Crippen molar-refractivity contribution in [3.05, 3.63) is 47.2 Å². The van der Waals surface area contributed by atoms with Crippen molar-refractivity contribution in [2.45, 2.75) is 19.5 Å². The number of hydrogen-bond acceptors (Lipinski definition) is 5. The maximum absolute atomic E-state index is 9.05. The first-order chi connectivity index (χ1) is 12.3. The van der Waals surface area contributed by atoms with Crippen molar-refractivity contribution >= 4 is 5.82 Å². The van der Waals surface area contributed by atoms with E-state index in [1.54, 1.807) is 6.20 Å². The van der Waals surface area contributed by atoms with Crippen molar-refractivity contribution < 1.29 is 0 Å². The summed E-state index contributed by atoms with van der Waals surface area (Å²) in [7, 11) is 0. The molecule has 1 aromatic carbocycles. The Hall–Kier alpha value is -2.36. The summed E-state index contributed by atoms with van der Waals surface area (Å²) in [5, 5.41) is 20.3. The third-order valence-electron chi connectivity index (χ3n) is 5.20. The number of anilines is 1. The Morgan fingerprint density at radius 1 is 1.32 bits per heavy atom. The number of nitriles is 1. The lowest BCUT2D eigenvalue weighted by Gasteiger charge is -2.29. The van der Waals surface area contributed by atoms with Crippen LogP contribution >= 0.6 is 0 Å². The minimum Gasteiger partial charge on any atom is -0.369 e. The van der Waals surface area contributed by atoms with Crippen LogP contribution in [-0.4, -0.2) is 47.4 Å². The molecule has 0 radical (unpaired) electrons. The Morgan fingerprint density at radius 2 is 2.20 bits per heavy atom. The third kappa shape index (κ3) is 3.53. The molecule has 2 N–H and O–H groups in total. The van der Waals surface area contributed by atoms with E-state index in [9.17, 15) is 0 Å². The van der Waals surface area contributed by atoms with Gasteiger partial charge in [-0.25, -0.2) is 4.68 Å². The minimum absolute atomic E-state index is 0.501. The lowest BCUT2D eigenvalue weighted by molar-refractivity contribution is 0.250. The molecule has 1 atom stereocenters. The first kappa shape index (κ1) is 16.1. The summed E-state index contributed by atoms with van der Waals surface area (Å²) >= 11 is 0. The molecule has 2 aromatic rings. The van der Waals surface area contributed by atoms with Crippen LogP contribution < -0.4 is 10.6 Å². The Labute approximate surface area is 148 Å². The smallest absolute Gasteiger partial charge is 0.142 e. The third-order valence-corrected chi connectivity index (χ3v) is 5.20. The second-order valence-electron chi connectivity index (χ2n) is 6.95. The van der Waals surface area contributed by atoms with E-state index in [4.69, 9.17) is 5.26 Å². The highest BCUT2D eigenvalue weighted by molar-refractivity contribution is 5.52. The first-order valence-electron chi connectivity index (χ1n) is 9.03. The van der Waals surface area contributed by atoms with Crippen molar-refractivity contribution in [1.29, 1.82) is 5.26 Å². The van der Waals surface area contributed by atoms with E-state index in [1.807, 2.05) is 4.68 Å². The Kier molecular flexibility index (Phi) is 4.68. The predicted molar refractivity (Wildman–Crippen MR) is 97.2 cm³/mol. The molecule has 1 aromatic heterocycles. The van der Waals surface area contributed by atoms with Gasteiger partial charge < -0.3 is 10.6 Å². The highest BCUT2D eigenvalue weighted by Gasteiger charge is 2.21. The van der Waals surface area contributed by atoms with Crippen molar-refractivity contribution in [3.63, 3.8) is 0 Å². The first-order valence-corrected chi connectivity index (χ1v) is 9.03. The van der Waals surface area contributed by atoms with Crippen LogP contribution in [-0.2, 0) is 19.5 Å². The van der Waals surface area contributed by atoms with Gasteiger partial charge in [-0.2, -0.15) is 10.4 Å². The van der Waals surface area contributed by atoms with E-state index in [1.165, 1.54) is 11.1 Å². The number of aromatic nitrogens is 2.